The summed E-state index contributed by atoms with van der Waals surface area (Å²) in [6, 6.07) is 5.14. The maximum Gasteiger partial charge on any atom is 0.491 e. The molecule has 0 unspecified atom stereocenters. The van der Waals surface area contributed by atoms with E-state index in [4.69, 9.17) is 26.4 Å². The number of hydrogen-bond acceptors (Lipinski definition) is 11. The largest absolute Gasteiger partial charge is 0.491 e. The maximum atomic E-state index is 13.1. The lowest BCUT2D eigenvalue weighted by molar-refractivity contribution is -0.192. The van der Waals surface area contributed by atoms with Crippen molar-refractivity contribution in [3.63, 3.8) is 0 Å². The first kappa shape index (κ1) is 37.7. The van der Waals surface area contributed by atoms with Crippen LogP contribution in [0.5, 0.6) is 28.7 Å². The van der Waals surface area contributed by atoms with E-state index in [1.54, 1.807) is 24.3 Å². The van der Waals surface area contributed by atoms with Crippen molar-refractivity contribution >= 4 is 23.7 Å². The molecular weight excluding hydrogens is 679 g/mol. The second kappa shape index (κ2) is 15.0. The van der Waals surface area contributed by atoms with Crippen LogP contribution >= 0.6 is 0 Å². The highest BCUT2D eigenvalue weighted by Crippen LogP contribution is 2.49. The van der Waals surface area contributed by atoms with Gasteiger partial charge in [-0.15, -0.1) is 0 Å². The average Bonchev–Trinajstić information content (AvgIpc) is 2.97. The van der Waals surface area contributed by atoms with E-state index in [1.165, 1.54) is 0 Å². The zero-order chi connectivity index (χ0) is 36.0. The number of carbonyl (C=O) groups excluding carboxylic acids is 3. The van der Waals surface area contributed by atoms with E-state index in [2.05, 4.69) is 19.5 Å². The van der Waals surface area contributed by atoms with E-state index in [0.29, 0.717) is 11.3 Å². The number of nitrogens with one attached hydrogen (secondary N) is 2. The van der Waals surface area contributed by atoms with Crippen molar-refractivity contribution < 1.29 is 77.6 Å². The molecule has 0 aromatic heterocycles. The minimum atomic E-state index is -5.88. The summed E-state index contributed by atoms with van der Waals surface area (Å²) in [4.78, 5) is 35.0. The van der Waals surface area contributed by atoms with Gasteiger partial charge in [-0.3, -0.25) is 5.41 Å². The summed E-state index contributed by atoms with van der Waals surface area (Å²) in [6.07, 6.45) is -16.1. The molecule has 2 aromatic carbocycles. The Balaban J connectivity index is 2.02. The fourth-order valence-corrected chi connectivity index (χ4v) is 4.03. The fraction of sp³-hybridized carbons (Fsp3) is 0.407. The molecular formula is C27H25F9N4O8. The van der Waals surface area contributed by atoms with Crippen molar-refractivity contribution in [3.8, 4) is 28.7 Å². The number of piperidine rings is 1. The summed E-state index contributed by atoms with van der Waals surface area (Å²) in [7, 11) is 0. The number of carbonyl (C=O) groups is 3. The van der Waals surface area contributed by atoms with E-state index in [-0.39, 0.29) is 18.6 Å². The summed E-state index contributed by atoms with van der Waals surface area (Å²) < 4.78 is 141. The molecule has 1 aliphatic heterocycles. The van der Waals surface area contributed by atoms with Gasteiger partial charge in [0.05, 0.1) is 5.56 Å². The zero-order valence-corrected chi connectivity index (χ0v) is 24.1. The van der Waals surface area contributed by atoms with E-state index in [0.717, 1.165) is 25.9 Å². The fourth-order valence-electron chi connectivity index (χ4n) is 4.03. The van der Waals surface area contributed by atoms with Crippen LogP contribution in [0.2, 0.25) is 0 Å². The van der Waals surface area contributed by atoms with Gasteiger partial charge in [0.15, 0.2) is 11.5 Å². The highest BCUT2D eigenvalue weighted by atomic mass is 19.4. The van der Waals surface area contributed by atoms with Gasteiger partial charge in [0.25, 0.3) is 0 Å². The van der Waals surface area contributed by atoms with Crippen molar-refractivity contribution in [2.45, 2.75) is 49.9 Å². The number of alkyl halides is 9. The van der Waals surface area contributed by atoms with Crippen molar-refractivity contribution in [1.29, 1.82) is 5.41 Å². The topological polar surface area (TPSA) is 185 Å². The number of nitrogen functional groups attached to an aromatic ring is 1. The third-order valence-corrected chi connectivity index (χ3v) is 6.18. The SMILES string of the molecule is N=C(N)c1cc(OC(=O)C(F)(F)F)c(OC(=O)C(F)(F)F)c(OC[C@@H](N)Cc2ccc(OC3CCNCC3)cc2)c1OC(=O)C(F)(F)F. The molecule has 1 fully saturated rings. The molecule has 2 aromatic rings. The van der Waals surface area contributed by atoms with Gasteiger partial charge in [-0.1, -0.05) is 12.1 Å². The first-order chi connectivity index (χ1) is 22.2. The molecule has 3 rings (SSSR count). The standard InChI is InChI=1S/C27H25F9N4O8/c28-25(29,30)22(41)46-17-10-16(21(38)39)18(47-23(42)26(31,32)33)20(19(17)48-24(43)27(34,35)36)44-11-13(37)9-12-1-3-14(4-2-12)45-15-5-7-40-8-6-15/h1-4,10,13,15,40H,5-9,11,37H2,(H3,38,39)/t13-/m0/s1. The summed E-state index contributed by atoms with van der Waals surface area (Å²) in [5.41, 5.74) is 10.5. The molecule has 0 saturated carbocycles. The molecule has 0 bridgehead atoms. The zero-order valence-electron chi connectivity index (χ0n) is 24.1. The van der Waals surface area contributed by atoms with Gasteiger partial charge in [-0.25, -0.2) is 14.4 Å². The molecule has 6 N–H and O–H groups in total. The van der Waals surface area contributed by atoms with Crippen LogP contribution in [-0.2, 0) is 20.8 Å². The van der Waals surface area contributed by atoms with Gasteiger partial charge in [0.2, 0.25) is 11.5 Å². The number of rotatable bonds is 11. The van der Waals surface area contributed by atoms with E-state index in [9.17, 15) is 53.9 Å². The summed E-state index contributed by atoms with van der Waals surface area (Å²) in [5.74, 6) is -17.1. The van der Waals surface area contributed by atoms with Crippen molar-refractivity contribution in [2.24, 2.45) is 11.5 Å². The van der Waals surface area contributed by atoms with E-state index < -0.39 is 83.5 Å². The molecule has 0 amide bonds. The number of halogens is 9. The molecule has 1 saturated heterocycles. The van der Waals surface area contributed by atoms with E-state index >= 15 is 0 Å². The van der Waals surface area contributed by atoms with Crippen LogP contribution in [0.4, 0.5) is 39.5 Å². The summed E-state index contributed by atoms with van der Waals surface area (Å²) >= 11 is 0. The number of nitrogens with two attached hydrogens (primary N) is 2. The molecule has 0 aliphatic carbocycles. The maximum absolute atomic E-state index is 13.1. The lowest BCUT2D eigenvalue weighted by Crippen LogP contribution is -2.34. The number of ether oxygens (including phenoxy) is 5. The Morgan fingerprint density at radius 3 is 1.81 bits per heavy atom. The Labute approximate surface area is 263 Å². The third-order valence-electron chi connectivity index (χ3n) is 6.18. The number of amidine groups is 1. The van der Waals surface area contributed by atoms with Gasteiger partial charge in [-0.05, 0) is 56.1 Å². The van der Waals surface area contributed by atoms with Gasteiger partial charge in [0, 0.05) is 6.04 Å². The van der Waals surface area contributed by atoms with Crippen molar-refractivity contribution in [1.82, 2.24) is 5.32 Å². The molecule has 264 valence electrons. The van der Waals surface area contributed by atoms with Crippen LogP contribution in [0.25, 0.3) is 0 Å². The molecule has 1 aliphatic rings. The lowest BCUT2D eigenvalue weighted by Gasteiger charge is -2.24. The first-order valence-electron chi connectivity index (χ1n) is 13.4. The Kier molecular flexibility index (Phi) is 11.7. The molecule has 1 atom stereocenters. The monoisotopic (exact) mass is 704 g/mol. The molecule has 0 spiro atoms. The molecule has 1 heterocycles. The van der Waals surface area contributed by atoms with Gasteiger partial charge in [-0.2, -0.15) is 39.5 Å². The first-order valence-corrected chi connectivity index (χ1v) is 13.4. The highest BCUT2D eigenvalue weighted by molar-refractivity contribution is 6.01. The second-order valence-electron chi connectivity index (χ2n) is 9.97. The molecule has 48 heavy (non-hydrogen) atoms. The molecule has 21 heteroatoms. The van der Waals surface area contributed by atoms with Gasteiger partial charge < -0.3 is 40.5 Å². The predicted molar refractivity (Wildman–Crippen MR) is 143 cm³/mol. The van der Waals surface area contributed by atoms with Gasteiger partial charge >= 0.3 is 36.4 Å². The minimum absolute atomic E-state index is 0.00973. The highest BCUT2D eigenvalue weighted by Gasteiger charge is 2.47. The van der Waals surface area contributed by atoms with Crippen LogP contribution in [0.15, 0.2) is 30.3 Å². The molecule has 12 nitrogen and oxygen atoms in total. The Hall–Kier alpha value is -4.79. The quantitative estimate of drug-likeness (QED) is 0.0883. The van der Waals surface area contributed by atoms with Crippen LogP contribution in [0, 0.1) is 5.41 Å². The van der Waals surface area contributed by atoms with E-state index in [1.807, 2.05) is 0 Å². The molecule has 0 radical (unpaired) electrons. The number of hydrogen-bond donors (Lipinski definition) is 4. The number of esters is 3. The average molecular weight is 704 g/mol. The Bertz CT molecular complexity index is 1510. The Morgan fingerprint density at radius 1 is 0.812 bits per heavy atom. The van der Waals surface area contributed by atoms with Gasteiger partial charge in [0.1, 0.15) is 24.3 Å². The van der Waals surface area contributed by atoms with Crippen molar-refractivity contribution in [3.05, 3.63) is 41.5 Å². The third kappa shape index (κ3) is 10.4. The van der Waals surface area contributed by atoms with Crippen LogP contribution < -0.4 is 40.5 Å². The van der Waals surface area contributed by atoms with Crippen LogP contribution in [0.1, 0.15) is 24.0 Å². The second-order valence-corrected chi connectivity index (χ2v) is 9.97. The van der Waals surface area contributed by atoms with Crippen LogP contribution in [0.3, 0.4) is 0 Å². The van der Waals surface area contributed by atoms with Crippen LogP contribution in [-0.4, -0.2) is 74.1 Å². The predicted octanol–water partition coefficient (Wildman–Crippen LogP) is 3.45. The lowest BCUT2D eigenvalue weighted by atomic mass is 10.1. The normalized spacial score (nSPS) is 14.9. The Morgan fingerprint density at radius 2 is 1.31 bits per heavy atom. The van der Waals surface area contributed by atoms with Crippen molar-refractivity contribution in [2.75, 3.05) is 19.7 Å². The summed E-state index contributed by atoms with van der Waals surface area (Å²) in [6.45, 7) is 0.620. The smallest absolute Gasteiger partial charge is 0.490 e. The number of benzene rings is 2. The summed E-state index contributed by atoms with van der Waals surface area (Å²) in [5, 5.41) is 10.8. The minimum Gasteiger partial charge on any atom is -0.490 e.